The molecule has 2 amide bonds. The summed E-state index contributed by atoms with van der Waals surface area (Å²) < 4.78 is 0. The van der Waals surface area contributed by atoms with E-state index in [-0.39, 0.29) is 24.2 Å². The molecule has 0 bridgehead atoms. The largest absolute Gasteiger partial charge is 0.355 e. The Morgan fingerprint density at radius 3 is 2.68 bits per heavy atom. The fourth-order valence-electron chi connectivity index (χ4n) is 3.25. The molecular weight excluding hydrogens is 312 g/mol. The number of hydrogen-bond acceptors (Lipinski definition) is 2. The van der Waals surface area contributed by atoms with Gasteiger partial charge in [0.25, 0.3) is 0 Å². The highest BCUT2D eigenvalue weighted by molar-refractivity contribution is 6.00. The zero-order valence-electron chi connectivity index (χ0n) is 14.8. The number of nitrogens with zero attached hydrogens (tertiary/aromatic N) is 1. The Morgan fingerprint density at radius 1 is 1.16 bits per heavy atom. The van der Waals surface area contributed by atoms with Crippen LogP contribution in [-0.4, -0.2) is 24.9 Å². The lowest BCUT2D eigenvalue weighted by atomic mass is 10.1. The molecule has 4 heteroatoms. The lowest BCUT2D eigenvalue weighted by Gasteiger charge is -2.19. The molecule has 1 aliphatic heterocycles. The first-order valence-electron chi connectivity index (χ1n) is 8.74. The molecule has 130 valence electrons. The number of carbonyl (C=O) groups is 2. The molecule has 1 fully saturated rings. The number of benzene rings is 2. The third kappa shape index (κ3) is 4.08. The fraction of sp³-hybridized carbons (Fsp3) is 0.333. The van der Waals surface area contributed by atoms with Gasteiger partial charge in [0.05, 0.1) is 5.92 Å². The highest BCUT2D eigenvalue weighted by atomic mass is 16.2. The highest BCUT2D eigenvalue weighted by Gasteiger charge is 2.35. The second-order valence-corrected chi connectivity index (χ2v) is 6.72. The van der Waals surface area contributed by atoms with Gasteiger partial charge in [0.1, 0.15) is 0 Å². The van der Waals surface area contributed by atoms with E-state index in [9.17, 15) is 9.59 Å². The Balaban J connectivity index is 1.58. The third-order valence-electron chi connectivity index (χ3n) is 4.71. The average Bonchev–Trinajstić information content (AvgIpc) is 3.00. The van der Waals surface area contributed by atoms with Crippen LogP contribution in [0.25, 0.3) is 0 Å². The van der Waals surface area contributed by atoms with E-state index in [0.717, 1.165) is 23.2 Å². The lowest BCUT2D eigenvalue weighted by molar-refractivity contribution is -0.126. The van der Waals surface area contributed by atoms with Crippen LogP contribution >= 0.6 is 0 Å². The van der Waals surface area contributed by atoms with Gasteiger partial charge in [-0.1, -0.05) is 42.5 Å². The van der Waals surface area contributed by atoms with E-state index in [1.165, 1.54) is 5.56 Å². The Hall–Kier alpha value is -2.62. The summed E-state index contributed by atoms with van der Waals surface area (Å²) in [5.41, 5.74) is 4.29. The number of hydrogen-bond donors (Lipinski definition) is 1. The van der Waals surface area contributed by atoms with Crippen molar-refractivity contribution >= 4 is 17.5 Å². The van der Waals surface area contributed by atoms with Crippen molar-refractivity contribution in [1.29, 1.82) is 0 Å². The number of rotatable bonds is 5. The SMILES string of the molecule is Cc1ccc(C)c(N2CC(C(=O)NCCc3ccccc3)CC2=O)c1. The van der Waals surface area contributed by atoms with Gasteiger partial charge in [0.2, 0.25) is 11.8 Å². The summed E-state index contributed by atoms with van der Waals surface area (Å²) in [4.78, 5) is 26.6. The van der Waals surface area contributed by atoms with Gasteiger partial charge >= 0.3 is 0 Å². The van der Waals surface area contributed by atoms with Crippen molar-refractivity contribution < 1.29 is 9.59 Å². The monoisotopic (exact) mass is 336 g/mol. The zero-order valence-corrected chi connectivity index (χ0v) is 14.8. The predicted octanol–water partition coefficient (Wildman–Crippen LogP) is 3.02. The van der Waals surface area contributed by atoms with Crippen LogP contribution < -0.4 is 10.2 Å². The van der Waals surface area contributed by atoms with Crippen LogP contribution in [-0.2, 0) is 16.0 Å². The molecule has 0 radical (unpaired) electrons. The molecule has 25 heavy (non-hydrogen) atoms. The van der Waals surface area contributed by atoms with E-state index < -0.39 is 0 Å². The van der Waals surface area contributed by atoms with Crippen molar-refractivity contribution in [2.24, 2.45) is 5.92 Å². The number of carbonyl (C=O) groups excluding carboxylic acids is 2. The molecule has 2 aromatic carbocycles. The van der Waals surface area contributed by atoms with Crippen molar-refractivity contribution in [3.63, 3.8) is 0 Å². The highest BCUT2D eigenvalue weighted by Crippen LogP contribution is 2.28. The minimum atomic E-state index is -0.275. The Kier molecular flexibility index (Phi) is 5.17. The van der Waals surface area contributed by atoms with E-state index in [1.54, 1.807) is 4.90 Å². The van der Waals surface area contributed by atoms with Gasteiger partial charge in [-0.05, 0) is 43.0 Å². The molecule has 4 nitrogen and oxygen atoms in total. The molecule has 3 rings (SSSR count). The number of anilines is 1. The summed E-state index contributed by atoms with van der Waals surface area (Å²) in [5, 5.41) is 2.97. The van der Waals surface area contributed by atoms with Gasteiger partial charge in [-0.2, -0.15) is 0 Å². The molecule has 1 saturated heterocycles. The van der Waals surface area contributed by atoms with Crippen LogP contribution in [0.15, 0.2) is 48.5 Å². The average molecular weight is 336 g/mol. The molecule has 1 N–H and O–H groups in total. The van der Waals surface area contributed by atoms with E-state index in [2.05, 4.69) is 5.32 Å². The first-order chi connectivity index (χ1) is 12.0. The Bertz CT molecular complexity index is 771. The second-order valence-electron chi connectivity index (χ2n) is 6.72. The molecule has 1 heterocycles. The number of aryl methyl sites for hydroxylation is 2. The van der Waals surface area contributed by atoms with Gasteiger partial charge in [0.15, 0.2) is 0 Å². The number of amides is 2. The zero-order chi connectivity index (χ0) is 17.8. The van der Waals surface area contributed by atoms with Crippen LogP contribution in [0, 0.1) is 19.8 Å². The van der Waals surface area contributed by atoms with Crippen molar-refractivity contribution in [1.82, 2.24) is 5.32 Å². The van der Waals surface area contributed by atoms with Crippen LogP contribution in [0.2, 0.25) is 0 Å². The van der Waals surface area contributed by atoms with Gasteiger partial charge < -0.3 is 10.2 Å². The van der Waals surface area contributed by atoms with E-state index in [4.69, 9.17) is 0 Å². The molecule has 0 spiro atoms. The van der Waals surface area contributed by atoms with Crippen molar-refractivity contribution in [3.05, 3.63) is 65.2 Å². The predicted molar refractivity (Wildman–Crippen MR) is 99.5 cm³/mol. The molecule has 0 aromatic heterocycles. The van der Waals surface area contributed by atoms with Gasteiger partial charge in [-0.3, -0.25) is 9.59 Å². The van der Waals surface area contributed by atoms with Crippen molar-refractivity contribution in [2.45, 2.75) is 26.7 Å². The maximum absolute atomic E-state index is 12.4. The summed E-state index contributed by atoms with van der Waals surface area (Å²) in [6.07, 6.45) is 1.08. The summed E-state index contributed by atoms with van der Waals surface area (Å²) in [6.45, 7) is 5.06. The smallest absolute Gasteiger partial charge is 0.227 e. The molecular formula is C21H24N2O2. The lowest BCUT2D eigenvalue weighted by Crippen LogP contribution is -2.34. The van der Waals surface area contributed by atoms with E-state index in [1.807, 2.05) is 62.4 Å². The summed E-state index contributed by atoms with van der Waals surface area (Å²) in [6, 6.07) is 16.1. The van der Waals surface area contributed by atoms with Gasteiger partial charge in [0, 0.05) is 25.2 Å². The van der Waals surface area contributed by atoms with Crippen LogP contribution in [0.3, 0.4) is 0 Å². The molecule has 0 saturated carbocycles. The molecule has 1 aliphatic rings. The maximum Gasteiger partial charge on any atom is 0.227 e. The molecule has 0 aliphatic carbocycles. The minimum absolute atomic E-state index is 0.0249. The molecule has 2 aromatic rings. The quantitative estimate of drug-likeness (QED) is 0.912. The van der Waals surface area contributed by atoms with E-state index in [0.29, 0.717) is 13.1 Å². The second kappa shape index (κ2) is 7.51. The fourth-order valence-corrected chi connectivity index (χ4v) is 3.25. The van der Waals surface area contributed by atoms with Crippen LogP contribution in [0.4, 0.5) is 5.69 Å². The normalized spacial score (nSPS) is 17.0. The van der Waals surface area contributed by atoms with Gasteiger partial charge in [-0.15, -0.1) is 0 Å². The Morgan fingerprint density at radius 2 is 1.92 bits per heavy atom. The van der Waals surface area contributed by atoms with Crippen molar-refractivity contribution in [3.8, 4) is 0 Å². The summed E-state index contributed by atoms with van der Waals surface area (Å²) in [5.74, 6) is -0.280. The first-order valence-corrected chi connectivity index (χ1v) is 8.74. The standard InChI is InChI=1S/C21H24N2O2/c1-15-8-9-16(2)19(12-15)23-14-18(13-20(23)24)21(25)22-11-10-17-6-4-3-5-7-17/h3-9,12,18H,10-11,13-14H2,1-2H3,(H,22,25). The van der Waals surface area contributed by atoms with Crippen molar-refractivity contribution in [2.75, 3.05) is 18.0 Å². The summed E-state index contributed by atoms with van der Waals surface area (Å²) >= 11 is 0. The van der Waals surface area contributed by atoms with Crippen LogP contribution in [0.1, 0.15) is 23.1 Å². The van der Waals surface area contributed by atoms with Gasteiger partial charge in [-0.25, -0.2) is 0 Å². The Labute approximate surface area is 148 Å². The number of nitrogens with one attached hydrogen (secondary N) is 1. The minimum Gasteiger partial charge on any atom is -0.355 e. The van der Waals surface area contributed by atoms with Crippen LogP contribution in [0.5, 0.6) is 0 Å². The topological polar surface area (TPSA) is 49.4 Å². The molecule has 1 unspecified atom stereocenters. The maximum atomic E-state index is 12.4. The molecule has 1 atom stereocenters. The third-order valence-corrected chi connectivity index (χ3v) is 4.71. The summed E-state index contributed by atoms with van der Waals surface area (Å²) in [7, 11) is 0. The van der Waals surface area contributed by atoms with E-state index >= 15 is 0 Å². The first kappa shape index (κ1) is 17.2.